The van der Waals surface area contributed by atoms with Gasteiger partial charge in [0.2, 0.25) is 0 Å². The Balaban J connectivity index is 1.21. The van der Waals surface area contributed by atoms with Gasteiger partial charge in [0.15, 0.2) is 0 Å². The first kappa shape index (κ1) is 20.9. The Bertz CT molecular complexity index is 1260. The number of hydrogen-bond acceptors (Lipinski definition) is 4. The maximum atomic E-state index is 13.1. The number of halogens is 1. The van der Waals surface area contributed by atoms with Crippen LogP contribution in [0.25, 0.3) is 10.9 Å². The van der Waals surface area contributed by atoms with Crippen molar-refractivity contribution < 1.29 is 18.7 Å². The molecule has 166 valence electrons. The topological polar surface area (TPSA) is 51.7 Å². The van der Waals surface area contributed by atoms with Crippen molar-refractivity contribution in [2.75, 3.05) is 13.1 Å². The van der Waals surface area contributed by atoms with Crippen LogP contribution in [0.4, 0.5) is 4.39 Å². The smallest absolute Gasteiger partial charge is 0.253 e. The predicted octanol–water partition coefficient (Wildman–Crippen LogP) is 5.85. The molecule has 4 aromatic rings. The van der Waals surface area contributed by atoms with Crippen LogP contribution in [-0.2, 0) is 0 Å². The van der Waals surface area contributed by atoms with Crippen LogP contribution in [-0.4, -0.2) is 35.0 Å². The van der Waals surface area contributed by atoms with Crippen LogP contribution in [0.2, 0.25) is 0 Å². The molecule has 2 heterocycles. The molecule has 0 aliphatic carbocycles. The third kappa shape index (κ3) is 4.80. The highest BCUT2D eigenvalue weighted by Crippen LogP contribution is 2.27. The van der Waals surface area contributed by atoms with E-state index in [4.69, 9.17) is 9.47 Å². The summed E-state index contributed by atoms with van der Waals surface area (Å²) in [7, 11) is 0. The normalized spacial score (nSPS) is 14.3. The molecule has 1 aliphatic rings. The second kappa shape index (κ2) is 9.28. The van der Waals surface area contributed by atoms with E-state index in [9.17, 15) is 9.18 Å². The lowest BCUT2D eigenvalue weighted by molar-refractivity contribution is 0.0597. The molecule has 0 bridgehead atoms. The molecule has 1 amide bonds. The molecule has 0 N–H and O–H groups in total. The average molecular weight is 442 g/mol. The summed E-state index contributed by atoms with van der Waals surface area (Å²) in [6.45, 7) is 1.23. The monoisotopic (exact) mass is 442 g/mol. The highest BCUT2D eigenvalue weighted by molar-refractivity contribution is 5.94. The zero-order valence-corrected chi connectivity index (χ0v) is 18.0. The molecule has 5 nitrogen and oxygen atoms in total. The lowest BCUT2D eigenvalue weighted by Gasteiger charge is -2.32. The third-order valence-electron chi connectivity index (χ3n) is 5.75. The highest BCUT2D eigenvalue weighted by Gasteiger charge is 2.25. The maximum Gasteiger partial charge on any atom is 0.253 e. The van der Waals surface area contributed by atoms with Gasteiger partial charge in [-0.3, -0.25) is 9.78 Å². The number of aromatic nitrogens is 1. The number of amides is 1. The van der Waals surface area contributed by atoms with E-state index >= 15 is 0 Å². The van der Waals surface area contributed by atoms with Gasteiger partial charge in [0.25, 0.3) is 5.91 Å². The summed E-state index contributed by atoms with van der Waals surface area (Å²) in [5, 5.41) is 1.05. The van der Waals surface area contributed by atoms with E-state index < -0.39 is 0 Å². The van der Waals surface area contributed by atoms with Crippen LogP contribution in [0.5, 0.6) is 17.2 Å². The minimum atomic E-state index is -0.324. The van der Waals surface area contributed by atoms with Crippen molar-refractivity contribution in [1.29, 1.82) is 0 Å². The zero-order chi connectivity index (χ0) is 22.6. The largest absolute Gasteiger partial charge is 0.488 e. The fourth-order valence-electron chi connectivity index (χ4n) is 4.04. The Labute approximate surface area is 191 Å². The fraction of sp³-hybridized carbons (Fsp3) is 0.185. The number of pyridine rings is 1. The van der Waals surface area contributed by atoms with Gasteiger partial charge in [-0.1, -0.05) is 24.3 Å². The molecule has 6 heteroatoms. The number of ether oxygens (including phenoxy) is 2. The quantitative estimate of drug-likeness (QED) is 0.389. The van der Waals surface area contributed by atoms with E-state index in [0.717, 1.165) is 29.5 Å². The Hall–Kier alpha value is -3.93. The Morgan fingerprint density at radius 1 is 0.909 bits per heavy atom. The number of likely N-dealkylation sites (tertiary alicyclic amines) is 1. The SMILES string of the molecule is O=C(c1cccc(Oc2ccc(F)cc2)c1)N1CCC(Oc2cccc3cccnc23)CC1. The van der Waals surface area contributed by atoms with Crippen molar-refractivity contribution in [3.05, 3.63) is 96.4 Å². The van der Waals surface area contributed by atoms with Crippen molar-refractivity contribution in [1.82, 2.24) is 9.88 Å². The number of carbonyl (C=O) groups excluding carboxylic acids is 1. The molecule has 1 saturated heterocycles. The number of rotatable bonds is 5. The van der Waals surface area contributed by atoms with Gasteiger partial charge < -0.3 is 14.4 Å². The molecule has 1 fully saturated rings. The number of carbonyl (C=O) groups is 1. The van der Waals surface area contributed by atoms with E-state index in [1.165, 1.54) is 12.1 Å². The number of piperidine rings is 1. The average Bonchev–Trinajstić information content (AvgIpc) is 2.86. The summed E-state index contributed by atoms with van der Waals surface area (Å²) in [5.41, 5.74) is 1.42. The molecule has 0 radical (unpaired) electrons. The number of benzene rings is 3. The Kier molecular flexibility index (Phi) is 5.89. The number of nitrogens with zero attached hydrogens (tertiary/aromatic N) is 2. The molecule has 0 spiro atoms. The van der Waals surface area contributed by atoms with Gasteiger partial charge in [0, 0.05) is 43.1 Å². The Morgan fingerprint density at radius 2 is 1.67 bits per heavy atom. The van der Waals surface area contributed by atoms with E-state index in [2.05, 4.69) is 4.98 Å². The number of fused-ring (bicyclic) bond motifs is 1. The highest BCUT2D eigenvalue weighted by atomic mass is 19.1. The number of hydrogen-bond donors (Lipinski definition) is 0. The molecule has 3 aromatic carbocycles. The first-order valence-electron chi connectivity index (χ1n) is 11.0. The van der Waals surface area contributed by atoms with E-state index in [1.807, 2.05) is 35.2 Å². The van der Waals surface area contributed by atoms with Gasteiger partial charge in [0.05, 0.1) is 0 Å². The van der Waals surface area contributed by atoms with Crippen LogP contribution in [0.15, 0.2) is 85.1 Å². The Morgan fingerprint density at radius 3 is 2.48 bits per heavy atom. The van der Waals surface area contributed by atoms with Gasteiger partial charge in [-0.25, -0.2) is 4.39 Å². The van der Waals surface area contributed by atoms with Gasteiger partial charge >= 0.3 is 0 Å². The molecule has 1 aliphatic heterocycles. The molecule has 0 unspecified atom stereocenters. The van der Waals surface area contributed by atoms with Crippen LogP contribution in [0.1, 0.15) is 23.2 Å². The summed E-state index contributed by atoms with van der Waals surface area (Å²) >= 11 is 0. The molecule has 33 heavy (non-hydrogen) atoms. The second-order valence-electron chi connectivity index (χ2n) is 8.02. The van der Waals surface area contributed by atoms with Gasteiger partial charge in [0.1, 0.15) is 34.7 Å². The molecule has 0 saturated carbocycles. The van der Waals surface area contributed by atoms with Crippen LogP contribution < -0.4 is 9.47 Å². The van der Waals surface area contributed by atoms with Gasteiger partial charge in [-0.05, 0) is 54.6 Å². The standard InChI is InChI=1S/C27H23FN2O3/c28-21-9-11-22(12-10-21)32-24-7-1-5-20(18-24)27(31)30-16-13-23(14-17-30)33-25-8-2-4-19-6-3-15-29-26(19)25/h1-12,15,18,23H,13-14,16-17H2. The first-order valence-corrected chi connectivity index (χ1v) is 11.0. The van der Waals surface area contributed by atoms with Crippen molar-refractivity contribution in [2.45, 2.75) is 18.9 Å². The first-order chi connectivity index (χ1) is 16.2. The molecule has 0 atom stereocenters. The summed E-state index contributed by atoms with van der Waals surface area (Å²) in [6, 6.07) is 22.7. The van der Waals surface area contributed by atoms with Crippen molar-refractivity contribution >= 4 is 16.8 Å². The van der Waals surface area contributed by atoms with Gasteiger partial charge in [-0.2, -0.15) is 0 Å². The zero-order valence-electron chi connectivity index (χ0n) is 18.0. The minimum Gasteiger partial charge on any atom is -0.488 e. The second-order valence-corrected chi connectivity index (χ2v) is 8.02. The van der Waals surface area contributed by atoms with E-state index in [1.54, 1.807) is 42.6 Å². The van der Waals surface area contributed by atoms with Gasteiger partial charge in [-0.15, -0.1) is 0 Å². The van der Waals surface area contributed by atoms with Crippen LogP contribution in [0, 0.1) is 5.82 Å². The summed E-state index contributed by atoms with van der Waals surface area (Å²) < 4.78 is 25.1. The molecular weight excluding hydrogens is 419 g/mol. The summed E-state index contributed by atoms with van der Waals surface area (Å²) in [6.07, 6.45) is 3.31. The summed E-state index contributed by atoms with van der Waals surface area (Å²) in [4.78, 5) is 19.4. The van der Waals surface area contributed by atoms with E-state index in [0.29, 0.717) is 30.2 Å². The van der Waals surface area contributed by atoms with Crippen molar-refractivity contribution in [3.8, 4) is 17.2 Å². The van der Waals surface area contributed by atoms with Crippen molar-refractivity contribution in [3.63, 3.8) is 0 Å². The molecule has 1 aromatic heterocycles. The maximum absolute atomic E-state index is 13.1. The van der Waals surface area contributed by atoms with Crippen molar-refractivity contribution in [2.24, 2.45) is 0 Å². The predicted molar refractivity (Wildman–Crippen MR) is 124 cm³/mol. The van der Waals surface area contributed by atoms with Crippen LogP contribution >= 0.6 is 0 Å². The minimum absolute atomic E-state index is 0.0369. The lowest BCUT2D eigenvalue weighted by Crippen LogP contribution is -2.41. The third-order valence-corrected chi connectivity index (χ3v) is 5.75. The fourth-order valence-corrected chi connectivity index (χ4v) is 4.04. The van der Waals surface area contributed by atoms with E-state index in [-0.39, 0.29) is 17.8 Å². The summed E-state index contributed by atoms with van der Waals surface area (Å²) in [5.74, 6) is 1.47. The number of para-hydroxylation sites is 1. The molecular formula is C27H23FN2O3. The molecule has 5 rings (SSSR count). The van der Waals surface area contributed by atoms with Crippen LogP contribution in [0.3, 0.4) is 0 Å². The lowest BCUT2D eigenvalue weighted by atomic mass is 10.1.